The Labute approximate surface area is 153 Å². The standard InChI is InChI=1S/C21H36N2S/c1-21(2,3)23(18-19-10-7-8-11-19)16-15-22-14-9-17-24-20-12-5-4-6-13-20/h4-6,12-13,19,22H,7-11,14-18H2,1-3H3. The molecule has 1 aliphatic rings. The van der Waals surface area contributed by atoms with Crippen LogP contribution in [0.2, 0.25) is 0 Å². The van der Waals surface area contributed by atoms with Crippen LogP contribution in [0.3, 0.4) is 0 Å². The minimum Gasteiger partial charge on any atom is -0.315 e. The highest BCUT2D eigenvalue weighted by Gasteiger charge is 2.25. The molecule has 0 unspecified atom stereocenters. The van der Waals surface area contributed by atoms with Gasteiger partial charge in [0.2, 0.25) is 0 Å². The molecule has 1 aliphatic carbocycles. The van der Waals surface area contributed by atoms with Gasteiger partial charge in [0.25, 0.3) is 0 Å². The number of thioether (sulfide) groups is 1. The summed E-state index contributed by atoms with van der Waals surface area (Å²) in [4.78, 5) is 4.07. The van der Waals surface area contributed by atoms with Gasteiger partial charge in [0.1, 0.15) is 0 Å². The third kappa shape index (κ3) is 7.58. The summed E-state index contributed by atoms with van der Waals surface area (Å²) in [6.45, 7) is 11.8. The first-order valence-electron chi connectivity index (χ1n) is 9.69. The van der Waals surface area contributed by atoms with E-state index in [9.17, 15) is 0 Å². The molecule has 0 aliphatic heterocycles. The van der Waals surface area contributed by atoms with Crippen LogP contribution in [0.5, 0.6) is 0 Å². The molecule has 0 spiro atoms. The van der Waals surface area contributed by atoms with E-state index in [-0.39, 0.29) is 5.54 Å². The lowest BCUT2D eigenvalue weighted by molar-refractivity contribution is 0.115. The van der Waals surface area contributed by atoms with E-state index >= 15 is 0 Å². The van der Waals surface area contributed by atoms with Crippen molar-refractivity contribution in [3.63, 3.8) is 0 Å². The maximum absolute atomic E-state index is 3.64. The van der Waals surface area contributed by atoms with E-state index in [1.165, 1.54) is 55.8 Å². The summed E-state index contributed by atoms with van der Waals surface area (Å²) in [5.74, 6) is 2.13. The van der Waals surface area contributed by atoms with Crippen LogP contribution in [0.15, 0.2) is 35.2 Å². The quantitative estimate of drug-likeness (QED) is 0.470. The van der Waals surface area contributed by atoms with Crippen molar-refractivity contribution in [2.75, 3.05) is 31.9 Å². The van der Waals surface area contributed by atoms with E-state index in [1.807, 2.05) is 11.8 Å². The molecule has 2 nitrogen and oxygen atoms in total. The van der Waals surface area contributed by atoms with Crippen LogP contribution < -0.4 is 5.32 Å². The first-order chi connectivity index (χ1) is 11.6. The van der Waals surface area contributed by atoms with Gasteiger partial charge < -0.3 is 5.32 Å². The zero-order valence-corrected chi connectivity index (χ0v) is 16.7. The Morgan fingerprint density at radius 3 is 2.46 bits per heavy atom. The van der Waals surface area contributed by atoms with Gasteiger partial charge in [0.05, 0.1) is 0 Å². The van der Waals surface area contributed by atoms with Gasteiger partial charge in [-0.2, -0.15) is 0 Å². The van der Waals surface area contributed by atoms with Gasteiger partial charge in [0.15, 0.2) is 0 Å². The summed E-state index contributed by atoms with van der Waals surface area (Å²) in [6, 6.07) is 10.7. The SMILES string of the molecule is CC(C)(C)N(CCNCCCSc1ccccc1)CC1CCCC1. The number of hydrogen-bond acceptors (Lipinski definition) is 3. The number of benzene rings is 1. The Bertz CT molecular complexity index is 435. The first-order valence-corrected chi connectivity index (χ1v) is 10.7. The predicted molar refractivity (Wildman–Crippen MR) is 108 cm³/mol. The number of rotatable bonds is 10. The second-order valence-electron chi connectivity index (χ2n) is 8.03. The fourth-order valence-corrected chi connectivity index (χ4v) is 4.32. The highest BCUT2D eigenvalue weighted by atomic mass is 32.2. The third-order valence-electron chi connectivity index (χ3n) is 4.97. The van der Waals surface area contributed by atoms with Crippen LogP contribution >= 0.6 is 11.8 Å². The molecule has 0 bridgehead atoms. The van der Waals surface area contributed by atoms with E-state index in [1.54, 1.807) is 0 Å². The van der Waals surface area contributed by atoms with Crippen LogP contribution in [-0.4, -0.2) is 42.4 Å². The Hall–Kier alpha value is -0.510. The molecular weight excluding hydrogens is 312 g/mol. The molecule has 2 rings (SSSR count). The van der Waals surface area contributed by atoms with Gasteiger partial charge in [-0.25, -0.2) is 0 Å². The van der Waals surface area contributed by atoms with Crippen LogP contribution in [0.1, 0.15) is 52.9 Å². The zero-order chi connectivity index (χ0) is 17.3. The summed E-state index contributed by atoms with van der Waals surface area (Å²) < 4.78 is 0. The van der Waals surface area contributed by atoms with Crippen molar-refractivity contribution in [2.24, 2.45) is 5.92 Å². The summed E-state index contributed by atoms with van der Waals surface area (Å²) in [7, 11) is 0. The summed E-state index contributed by atoms with van der Waals surface area (Å²) in [5, 5.41) is 3.64. The van der Waals surface area contributed by atoms with Crippen molar-refractivity contribution < 1.29 is 0 Å². The van der Waals surface area contributed by atoms with Crippen LogP contribution in [0, 0.1) is 5.92 Å². The Kier molecular flexibility index (Phi) is 8.65. The molecule has 136 valence electrons. The average Bonchev–Trinajstić information content (AvgIpc) is 3.06. The molecule has 1 saturated carbocycles. The largest absolute Gasteiger partial charge is 0.315 e. The van der Waals surface area contributed by atoms with Crippen LogP contribution in [0.25, 0.3) is 0 Å². The van der Waals surface area contributed by atoms with Gasteiger partial charge >= 0.3 is 0 Å². The Balaban J connectivity index is 1.56. The minimum absolute atomic E-state index is 0.285. The molecule has 0 saturated heterocycles. The van der Waals surface area contributed by atoms with E-state index in [4.69, 9.17) is 0 Å². The lowest BCUT2D eigenvalue weighted by Crippen LogP contribution is -2.47. The second kappa shape index (κ2) is 10.5. The third-order valence-corrected chi connectivity index (χ3v) is 6.07. The fourth-order valence-electron chi connectivity index (χ4n) is 3.45. The summed E-state index contributed by atoms with van der Waals surface area (Å²) in [6.07, 6.45) is 7.01. The van der Waals surface area contributed by atoms with E-state index in [0.29, 0.717) is 0 Å². The summed E-state index contributed by atoms with van der Waals surface area (Å²) >= 11 is 1.96. The molecule has 3 heteroatoms. The molecule has 0 radical (unpaired) electrons. The molecular formula is C21H36N2S. The summed E-state index contributed by atoms with van der Waals surface area (Å²) in [5.41, 5.74) is 0.285. The lowest BCUT2D eigenvalue weighted by atomic mass is 10.0. The molecule has 24 heavy (non-hydrogen) atoms. The number of nitrogens with zero attached hydrogens (tertiary/aromatic N) is 1. The Morgan fingerprint density at radius 2 is 1.79 bits per heavy atom. The van der Waals surface area contributed by atoms with Gasteiger partial charge in [-0.3, -0.25) is 4.90 Å². The van der Waals surface area contributed by atoms with Crippen molar-refractivity contribution in [3.8, 4) is 0 Å². The average molecular weight is 349 g/mol. The maximum atomic E-state index is 3.64. The fraction of sp³-hybridized carbons (Fsp3) is 0.714. The second-order valence-corrected chi connectivity index (χ2v) is 9.20. The van der Waals surface area contributed by atoms with Crippen molar-refractivity contribution in [2.45, 2.75) is 63.3 Å². The molecule has 1 N–H and O–H groups in total. The highest BCUT2D eigenvalue weighted by molar-refractivity contribution is 7.99. The van der Waals surface area contributed by atoms with Gasteiger partial charge in [-0.05, 0) is 70.4 Å². The molecule has 0 amide bonds. The number of hydrogen-bond donors (Lipinski definition) is 1. The van der Waals surface area contributed by atoms with Crippen molar-refractivity contribution in [3.05, 3.63) is 30.3 Å². The topological polar surface area (TPSA) is 15.3 Å². The maximum Gasteiger partial charge on any atom is 0.0125 e. The zero-order valence-electron chi connectivity index (χ0n) is 15.9. The van der Waals surface area contributed by atoms with Crippen molar-refractivity contribution in [1.82, 2.24) is 10.2 Å². The Morgan fingerprint density at radius 1 is 1.08 bits per heavy atom. The molecule has 0 aromatic heterocycles. The lowest BCUT2D eigenvalue weighted by Gasteiger charge is -2.37. The molecule has 1 aromatic rings. The van der Waals surface area contributed by atoms with E-state index < -0.39 is 0 Å². The van der Waals surface area contributed by atoms with Gasteiger partial charge in [-0.1, -0.05) is 31.0 Å². The molecule has 0 atom stereocenters. The smallest absolute Gasteiger partial charge is 0.0125 e. The molecule has 0 heterocycles. The monoisotopic (exact) mass is 348 g/mol. The van der Waals surface area contributed by atoms with Crippen molar-refractivity contribution >= 4 is 11.8 Å². The first kappa shape index (κ1) is 19.8. The van der Waals surface area contributed by atoms with Crippen LogP contribution in [0.4, 0.5) is 0 Å². The molecule has 1 fully saturated rings. The predicted octanol–water partition coefficient (Wildman–Crippen LogP) is 5.05. The van der Waals surface area contributed by atoms with Crippen molar-refractivity contribution in [1.29, 1.82) is 0 Å². The van der Waals surface area contributed by atoms with Gasteiger partial charge in [0, 0.05) is 30.1 Å². The van der Waals surface area contributed by atoms with Crippen LogP contribution in [-0.2, 0) is 0 Å². The van der Waals surface area contributed by atoms with Gasteiger partial charge in [-0.15, -0.1) is 11.8 Å². The number of nitrogens with one attached hydrogen (secondary N) is 1. The van der Waals surface area contributed by atoms with E-state index in [2.05, 4.69) is 61.3 Å². The normalized spacial score (nSPS) is 16.2. The highest BCUT2D eigenvalue weighted by Crippen LogP contribution is 2.27. The molecule has 1 aromatic carbocycles. The van der Waals surface area contributed by atoms with E-state index in [0.717, 1.165) is 19.0 Å². The minimum atomic E-state index is 0.285.